The SMILES string of the molecule is CCc1nc2cccc3c2n1-c1ccccc1C3(C)C. The van der Waals surface area contributed by atoms with Crippen molar-refractivity contribution in [1.82, 2.24) is 9.55 Å². The summed E-state index contributed by atoms with van der Waals surface area (Å²) in [6.07, 6.45) is 0.947. The van der Waals surface area contributed by atoms with Crippen LogP contribution in [-0.2, 0) is 11.8 Å². The van der Waals surface area contributed by atoms with Crippen LogP contribution in [0.4, 0.5) is 0 Å². The molecule has 0 unspecified atom stereocenters. The molecule has 0 fully saturated rings. The van der Waals surface area contributed by atoms with Gasteiger partial charge < -0.3 is 0 Å². The van der Waals surface area contributed by atoms with Crippen LogP contribution in [0.3, 0.4) is 0 Å². The number of fused-ring (bicyclic) bond motifs is 2. The Kier molecular flexibility index (Phi) is 2.18. The van der Waals surface area contributed by atoms with Gasteiger partial charge in [-0.3, -0.25) is 4.57 Å². The van der Waals surface area contributed by atoms with Crippen molar-refractivity contribution >= 4 is 11.0 Å². The lowest BCUT2D eigenvalue weighted by Crippen LogP contribution is -2.26. The highest BCUT2D eigenvalue weighted by Gasteiger charge is 2.34. The third kappa shape index (κ3) is 1.26. The zero-order valence-electron chi connectivity index (χ0n) is 12.1. The van der Waals surface area contributed by atoms with Gasteiger partial charge in [0, 0.05) is 11.8 Å². The molecule has 0 spiro atoms. The molecule has 100 valence electrons. The molecule has 2 nitrogen and oxygen atoms in total. The number of hydrogen-bond donors (Lipinski definition) is 0. The monoisotopic (exact) mass is 262 g/mol. The number of imidazole rings is 1. The Morgan fingerprint density at radius 2 is 1.75 bits per heavy atom. The Morgan fingerprint density at radius 3 is 2.55 bits per heavy atom. The molecule has 3 aromatic rings. The summed E-state index contributed by atoms with van der Waals surface area (Å²) in [7, 11) is 0. The number of hydrogen-bond acceptors (Lipinski definition) is 1. The summed E-state index contributed by atoms with van der Waals surface area (Å²) in [4.78, 5) is 4.83. The van der Waals surface area contributed by atoms with E-state index in [0.29, 0.717) is 0 Å². The highest BCUT2D eigenvalue weighted by molar-refractivity contribution is 5.86. The van der Waals surface area contributed by atoms with Crippen molar-refractivity contribution in [1.29, 1.82) is 0 Å². The van der Waals surface area contributed by atoms with Crippen LogP contribution in [0.2, 0.25) is 0 Å². The van der Waals surface area contributed by atoms with Crippen LogP contribution in [-0.4, -0.2) is 9.55 Å². The largest absolute Gasteiger partial charge is 0.296 e. The van der Waals surface area contributed by atoms with Crippen molar-refractivity contribution in [2.24, 2.45) is 0 Å². The number of aryl methyl sites for hydroxylation is 1. The van der Waals surface area contributed by atoms with Crippen molar-refractivity contribution in [3.8, 4) is 5.69 Å². The van der Waals surface area contributed by atoms with Gasteiger partial charge in [-0.2, -0.15) is 0 Å². The molecule has 20 heavy (non-hydrogen) atoms. The summed E-state index contributed by atoms with van der Waals surface area (Å²) in [6, 6.07) is 15.2. The summed E-state index contributed by atoms with van der Waals surface area (Å²) in [6.45, 7) is 6.79. The molecule has 1 aromatic heterocycles. The van der Waals surface area contributed by atoms with E-state index in [4.69, 9.17) is 4.98 Å². The van der Waals surface area contributed by atoms with Crippen molar-refractivity contribution in [2.75, 3.05) is 0 Å². The van der Waals surface area contributed by atoms with Crippen LogP contribution in [0.1, 0.15) is 37.7 Å². The van der Waals surface area contributed by atoms with E-state index in [1.165, 1.54) is 22.3 Å². The number of rotatable bonds is 1. The van der Waals surface area contributed by atoms with Gasteiger partial charge >= 0.3 is 0 Å². The molecule has 2 heterocycles. The van der Waals surface area contributed by atoms with Gasteiger partial charge in [0.25, 0.3) is 0 Å². The van der Waals surface area contributed by atoms with E-state index in [1.54, 1.807) is 0 Å². The molecule has 0 bridgehead atoms. The maximum Gasteiger partial charge on any atom is 0.114 e. The Hall–Kier alpha value is -2.09. The second-order valence-electron chi connectivity index (χ2n) is 6.03. The number of nitrogens with zero attached hydrogens (tertiary/aromatic N) is 2. The molecule has 2 heteroatoms. The Labute approximate surface area is 119 Å². The minimum Gasteiger partial charge on any atom is -0.296 e. The fourth-order valence-electron chi connectivity index (χ4n) is 3.52. The second-order valence-corrected chi connectivity index (χ2v) is 6.03. The topological polar surface area (TPSA) is 17.8 Å². The van der Waals surface area contributed by atoms with Crippen LogP contribution >= 0.6 is 0 Å². The summed E-state index contributed by atoms with van der Waals surface area (Å²) in [5.74, 6) is 1.15. The molecule has 0 atom stereocenters. The summed E-state index contributed by atoms with van der Waals surface area (Å²) >= 11 is 0. The highest BCUT2D eigenvalue weighted by atomic mass is 15.1. The predicted octanol–water partition coefficient (Wildman–Crippen LogP) is 4.23. The van der Waals surface area contributed by atoms with Crippen molar-refractivity contribution in [3.63, 3.8) is 0 Å². The van der Waals surface area contributed by atoms with Gasteiger partial charge in [-0.25, -0.2) is 4.98 Å². The standard InChI is InChI=1S/C18H18N2/c1-4-16-19-14-10-7-9-13-17(14)20(16)15-11-6-5-8-12(15)18(13,2)3/h5-11H,4H2,1-3H3. The van der Waals surface area contributed by atoms with E-state index in [1.807, 2.05) is 0 Å². The molecule has 0 radical (unpaired) electrons. The highest BCUT2D eigenvalue weighted by Crippen LogP contribution is 2.44. The van der Waals surface area contributed by atoms with Gasteiger partial charge in [-0.1, -0.05) is 51.1 Å². The van der Waals surface area contributed by atoms with Crippen LogP contribution < -0.4 is 0 Å². The smallest absolute Gasteiger partial charge is 0.114 e. The molecule has 0 N–H and O–H groups in total. The average Bonchev–Trinajstić information content (AvgIpc) is 2.84. The van der Waals surface area contributed by atoms with E-state index >= 15 is 0 Å². The predicted molar refractivity (Wildman–Crippen MR) is 82.6 cm³/mol. The van der Waals surface area contributed by atoms with Gasteiger partial charge in [0.15, 0.2) is 0 Å². The van der Waals surface area contributed by atoms with Crippen LogP contribution in [0.25, 0.3) is 16.7 Å². The molecule has 0 aliphatic carbocycles. The van der Waals surface area contributed by atoms with E-state index < -0.39 is 0 Å². The van der Waals surface area contributed by atoms with E-state index in [2.05, 4.69) is 67.8 Å². The number of para-hydroxylation sites is 2. The molecule has 4 rings (SSSR count). The summed E-state index contributed by atoms with van der Waals surface area (Å²) < 4.78 is 2.35. The van der Waals surface area contributed by atoms with Gasteiger partial charge in [-0.05, 0) is 23.3 Å². The average molecular weight is 262 g/mol. The van der Waals surface area contributed by atoms with Gasteiger partial charge in [0.2, 0.25) is 0 Å². The van der Waals surface area contributed by atoms with Crippen LogP contribution in [0.5, 0.6) is 0 Å². The van der Waals surface area contributed by atoms with Crippen LogP contribution in [0, 0.1) is 0 Å². The lowest BCUT2D eigenvalue weighted by molar-refractivity contribution is 0.625. The first-order valence-electron chi connectivity index (χ1n) is 7.25. The first-order chi connectivity index (χ1) is 9.64. The van der Waals surface area contributed by atoms with E-state index in [9.17, 15) is 0 Å². The van der Waals surface area contributed by atoms with E-state index in [-0.39, 0.29) is 5.41 Å². The van der Waals surface area contributed by atoms with Gasteiger partial charge in [0.05, 0.1) is 16.7 Å². The minimum atomic E-state index is 0.0249. The van der Waals surface area contributed by atoms with E-state index in [0.717, 1.165) is 17.8 Å². The number of benzene rings is 2. The first-order valence-corrected chi connectivity index (χ1v) is 7.25. The fraction of sp³-hybridized carbons (Fsp3) is 0.278. The fourth-order valence-corrected chi connectivity index (χ4v) is 3.52. The third-order valence-corrected chi connectivity index (χ3v) is 4.55. The maximum absolute atomic E-state index is 4.83. The quantitative estimate of drug-likeness (QED) is 0.642. The molecular weight excluding hydrogens is 244 g/mol. The molecule has 2 aromatic carbocycles. The molecule has 0 amide bonds. The zero-order chi connectivity index (χ0) is 13.9. The molecular formula is C18H18N2. The Balaban J connectivity index is 2.27. The molecule has 1 aliphatic rings. The normalized spacial score (nSPS) is 15.3. The van der Waals surface area contributed by atoms with Gasteiger partial charge in [-0.15, -0.1) is 0 Å². The molecule has 1 aliphatic heterocycles. The lowest BCUT2D eigenvalue weighted by atomic mass is 9.75. The zero-order valence-corrected chi connectivity index (χ0v) is 12.1. The molecule has 0 saturated carbocycles. The van der Waals surface area contributed by atoms with Crippen molar-refractivity contribution < 1.29 is 0 Å². The van der Waals surface area contributed by atoms with Crippen LogP contribution in [0.15, 0.2) is 42.5 Å². The third-order valence-electron chi connectivity index (χ3n) is 4.55. The number of aromatic nitrogens is 2. The summed E-state index contributed by atoms with van der Waals surface area (Å²) in [5.41, 5.74) is 6.47. The first kappa shape index (κ1) is 11.7. The summed E-state index contributed by atoms with van der Waals surface area (Å²) in [5, 5.41) is 0. The van der Waals surface area contributed by atoms with Gasteiger partial charge in [0.1, 0.15) is 5.82 Å². The molecule has 0 saturated heterocycles. The maximum atomic E-state index is 4.83. The van der Waals surface area contributed by atoms with Crippen molar-refractivity contribution in [3.05, 3.63) is 59.4 Å². The minimum absolute atomic E-state index is 0.0249. The van der Waals surface area contributed by atoms with Crippen molar-refractivity contribution in [2.45, 2.75) is 32.6 Å². The Bertz CT molecular complexity index is 825. The lowest BCUT2D eigenvalue weighted by Gasteiger charge is -2.34. The second kappa shape index (κ2) is 3.72. The Morgan fingerprint density at radius 1 is 1.00 bits per heavy atom.